The largest absolute Gasteiger partial charge is 0.382 e. The minimum atomic E-state index is -0.520. The molecule has 1 atom stereocenters. The van der Waals surface area contributed by atoms with Crippen molar-refractivity contribution in [1.29, 1.82) is 0 Å². The molecule has 3 aromatic carbocycles. The first-order valence-electron chi connectivity index (χ1n) is 12.2. The maximum absolute atomic E-state index is 14.9. The van der Waals surface area contributed by atoms with Crippen LogP contribution in [0.25, 0.3) is 33.1 Å². The molecule has 182 valence electrons. The normalized spacial score (nSPS) is 12.2. The highest BCUT2D eigenvalue weighted by molar-refractivity contribution is 6.06. The smallest absolute Gasteiger partial charge is 0.224 e. The topological polar surface area (TPSA) is 99.8 Å². The van der Waals surface area contributed by atoms with Gasteiger partial charge in [0, 0.05) is 17.5 Å². The van der Waals surface area contributed by atoms with Crippen LogP contribution in [-0.2, 0) is 11.3 Å². The molecule has 0 bridgehead atoms. The summed E-state index contributed by atoms with van der Waals surface area (Å²) in [6.45, 7) is 0.769. The lowest BCUT2D eigenvalue weighted by Gasteiger charge is -2.15. The summed E-state index contributed by atoms with van der Waals surface area (Å²) in [7, 11) is 0. The minimum Gasteiger partial charge on any atom is -0.382 e. The zero-order valence-corrected chi connectivity index (χ0v) is 19.9. The van der Waals surface area contributed by atoms with Gasteiger partial charge in [-0.15, -0.1) is 0 Å². The van der Waals surface area contributed by atoms with E-state index in [-0.39, 0.29) is 5.82 Å². The summed E-state index contributed by atoms with van der Waals surface area (Å²) >= 11 is 0. The third-order valence-corrected chi connectivity index (χ3v) is 6.70. The van der Waals surface area contributed by atoms with Crippen LogP contribution < -0.4 is 11.5 Å². The molecule has 6 nitrogen and oxygen atoms in total. The van der Waals surface area contributed by atoms with Crippen LogP contribution in [-0.4, -0.2) is 20.4 Å². The molecule has 7 heteroatoms. The predicted octanol–water partition coefficient (Wildman–Crippen LogP) is 5.80. The van der Waals surface area contributed by atoms with Gasteiger partial charge in [-0.1, -0.05) is 73.5 Å². The summed E-state index contributed by atoms with van der Waals surface area (Å²) in [6, 6.07) is 22.2. The predicted molar refractivity (Wildman–Crippen MR) is 142 cm³/mol. The van der Waals surface area contributed by atoms with Crippen molar-refractivity contribution in [2.24, 2.45) is 5.73 Å². The van der Waals surface area contributed by atoms with Gasteiger partial charge in [-0.05, 0) is 36.1 Å². The minimum absolute atomic E-state index is 0.349. The van der Waals surface area contributed by atoms with Gasteiger partial charge in [0.05, 0.1) is 23.3 Å². The number of para-hydroxylation sites is 1. The molecule has 0 aliphatic rings. The number of fused-ring (bicyclic) bond motifs is 3. The molecule has 0 saturated heterocycles. The van der Waals surface area contributed by atoms with Gasteiger partial charge in [0.15, 0.2) is 5.82 Å². The van der Waals surface area contributed by atoms with Crippen LogP contribution in [0.15, 0.2) is 79.1 Å². The third-order valence-electron chi connectivity index (χ3n) is 6.70. The molecule has 36 heavy (non-hydrogen) atoms. The summed E-state index contributed by atoms with van der Waals surface area (Å²) in [5, 5.41) is 1.02. The Labute approximate surface area is 208 Å². The van der Waals surface area contributed by atoms with E-state index in [4.69, 9.17) is 11.5 Å². The number of anilines is 1. The molecule has 0 saturated carbocycles. The zero-order chi connectivity index (χ0) is 25.1. The van der Waals surface area contributed by atoms with Crippen LogP contribution in [0.1, 0.15) is 37.2 Å². The second kappa shape index (κ2) is 10.2. The molecule has 0 aliphatic carbocycles. The Kier molecular flexibility index (Phi) is 6.62. The first kappa shape index (κ1) is 23.5. The second-order valence-corrected chi connectivity index (χ2v) is 9.06. The maximum Gasteiger partial charge on any atom is 0.224 e. The van der Waals surface area contributed by atoms with Crippen LogP contribution >= 0.6 is 0 Å². The fourth-order valence-electron chi connectivity index (χ4n) is 4.86. The van der Waals surface area contributed by atoms with Crippen molar-refractivity contribution in [2.75, 3.05) is 5.73 Å². The van der Waals surface area contributed by atoms with Crippen molar-refractivity contribution in [1.82, 2.24) is 14.5 Å². The van der Waals surface area contributed by atoms with E-state index in [1.165, 1.54) is 6.07 Å². The second-order valence-electron chi connectivity index (χ2n) is 9.06. The van der Waals surface area contributed by atoms with E-state index in [0.29, 0.717) is 28.9 Å². The van der Waals surface area contributed by atoms with Crippen LogP contribution in [0, 0.1) is 5.82 Å². The van der Waals surface area contributed by atoms with Gasteiger partial charge in [-0.25, -0.2) is 14.4 Å². The standard InChI is InChI=1S/C29H28FN5O/c30-24-17-20(14-15-21(24)19-9-3-1-4-10-19)22(29(32)36)11-5-2-8-16-35-18-33-26-27(35)23-12-6-7-13-25(23)34-28(26)31/h1,3-4,6-7,9-10,12-15,17-18,22H,2,5,8,11,16H2,(H2,31,34)(H2,32,36). The number of aromatic nitrogens is 3. The Hall–Kier alpha value is -4.26. The Balaban J connectivity index is 1.23. The number of aryl methyl sites for hydroxylation is 1. The summed E-state index contributed by atoms with van der Waals surface area (Å²) in [4.78, 5) is 21.1. The number of carbonyl (C=O) groups excluding carboxylic acids is 1. The number of nitrogens with two attached hydrogens (primary N) is 2. The van der Waals surface area contributed by atoms with E-state index in [0.717, 1.165) is 47.8 Å². The molecule has 1 amide bonds. The molecule has 2 heterocycles. The van der Waals surface area contributed by atoms with Crippen molar-refractivity contribution < 1.29 is 9.18 Å². The molecule has 5 rings (SSSR count). The van der Waals surface area contributed by atoms with Gasteiger partial charge in [-0.2, -0.15) is 0 Å². The maximum atomic E-state index is 14.9. The molecule has 2 aromatic heterocycles. The van der Waals surface area contributed by atoms with Crippen LogP contribution in [0.5, 0.6) is 0 Å². The number of imidazole rings is 1. The zero-order valence-electron chi connectivity index (χ0n) is 19.9. The molecule has 0 fully saturated rings. The molecular formula is C29H28FN5O. The number of rotatable bonds is 9. The van der Waals surface area contributed by atoms with E-state index in [1.54, 1.807) is 12.4 Å². The van der Waals surface area contributed by atoms with E-state index in [2.05, 4.69) is 14.5 Å². The average Bonchev–Trinajstić information content (AvgIpc) is 3.31. The van der Waals surface area contributed by atoms with Gasteiger partial charge in [0.25, 0.3) is 0 Å². The molecule has 0 aliphatic heterocycles. The highest BCUT2D eigenvalue weighted by Gasteiger charge is 2.19. The third kappa shape index (κ3) is 4.64. The number of nitrogens with zero attached hydrogens (tertiary/aromatic N) is 3. The lowest BCUT2D eigenvalue weighted by molar-refractivity contribution is -0.119. The SMILES string of the molecule is NC(=O)C(CCCCCn1cnc2c(N)nc3ccccc3c21)c1ccc(-c2ccccc2)c(F)c1. The fraction of sp³-hybridized carbons (Fsp3) is 0.207. The Morgan fingerprint density at radius 3 is 2.53 bits per heavy atom. The van der Waals surface area contributed by atoms with E-state index in [9.17, 15) is 9.18 Å². The molecule has 5 aromatic rings. The highest BCUT2D eigenvalue weighted by atomic mass is 19.1. The summed E-state index contributed by atoms with van der Waals surface area (Å²) < 4.78 is 17.0. The van der Waals surface area contributed by atoms with Gasteiger partial charge in [0.1, 0.15) is 11.3 Å². The first-order chi connectivity index (χ1) is 17.5. The van der Waals surface area contributed by atoms with E-state index >= 15 is 0 Å². The van der Waals surface area contributed by atoms with E-state index in [1.807, 2.05) is 60.7 Å². The Morgan fingerprint density at radius 2 is 1.75 bits per heavy atom. The number of primary amides is 1. The van der Waals surface area contributed by atoms with Crippen molar-refractivity contribution in [3.05, 3.63) is 90.5 Å². The number of unbranched alkanes of at least 4 members (excludes halogenated alkanes) is 2. The number of halogens is 1. The molecule has 1 unspecified atom stereocenters. The number of hydrogen-bond acceptors (Lipinski definition) is 4. The molecular weight excluding hydrogens is 453 g/mol. The Bertz CT molecular complexity index is 1530. The van der Waals surface area contributed by atoms with Gasteiger partial charge < -0.3 is 16.0 Å². The van der Waals surface area contributed by atoms with Crippen LogP contribution in [0.2, 0.25) is 0 Å². The van der Waals surface area contributed by atoms with Gasteiger partial charge in [0.2, 0.25) is 5.91 Å². The monoisotopic (exact) mass is 481 g/mol. The highest BCUT2D eigenvalue weighted by Crippen LogP contribution is 2.30. The lowest BCUT2D eigenvalue weighted by Crippen LogP contribution is -2.21. The van der Waals surface area contributed by atoms with Crippen molar-refractivity contribution in [3.63, 3.8) is 0 Å². The quantitative estimate of drug-likeness (QED) is 0.260. The van der Waals surface area contributed by atoms with E-state index < -0.39 is 11.8 Å². The fourth-order valence-corrected chi connectivity index (χ4v) is 4.86. The summed E-state index contributed by atoms with van der Waals surface area (Å²) in [5.74, 6) is -0.875. The van der Waals surface area contributed by atoms with Crippen LogP contribution in [0.4, 0.5) is 10.2 Å². The molecule has 4 N–H and O–H groups in total. The molecule has 0 spiro atoms. The van der Waals surface area contributed by atoms with Crippen LogP contribution in [0.3, 0.4) is 0 Å². The number of nitrogen functional groups attached to an aromatic ring is 1. The number of pyridine rings is 1. The average molecular weight is 482 g/mol. The van der Waals surface area contributed by atoms with Crippen molar-refractivity contribution in [3.8, 4) is 11.1 Å². The lowest BCUT2D eigenvalue weighted by atomic mass is 9.91. The van der Waals surface area contributed by atoms with Crippen molar-refractivity contribution >= 4 is 33.7 Å². The molecule has 0 radical (unpaired) electrons. The summed E-state index contributed by atoms with van der Waals surface area (Å²) in [6.07, 6.45) is 4.97. The number of benzene rings is 3. The first-order valence-corrected chi connectivity index (χ1v) is 12.2. The van der Waals surface area contributed by atoms with Gasteiger partial charge in [-0.3, -0.25) is 4.79 Å². The number of carbonyl (C=O) groups is 1. The van der Waals surface area contributed by atoms with Crippen molar-refractivity contribution in [2.45, 2.75) is 38.1 Å². The number of amides is 1. The Morgan fingerprint density at radius 1 is 0.972 bits per heavy atom. The van der Waals surface area contributed by atoms with Gasteiger partial charge >= 0.3 is 0 Å². The summed E-state index contributed by atoms with van der Waals surface area (Å²) in [5.41, 5.74) is 16.3. The number of hydrogen-bond donors (Lipinski definition) is 2.